The van der Waals surface area contributed by atoms with Crippen molar-refractivity contribution in [2.45, 2.75) is 64.3 Å². The first-order valence-corrected chi connectivity index (χ1v) is 8.09. The molecule has 0 aromatic heterocycles. The van der Waals surface area contributed by atoms with Crippen molar-refractivity contribution in [2.24, 2.45) is 11.8 Å². The van der Waals surface area contributed by atoms with Crippen molar-refractivity contribution < 1.29 is 19.3 Å². The van der Waals surface area contributed by atoms with Gasteiger partial charge in [0.2, 0.25) is 0 Å². The Balaban J connectivity index is 1.99. The van der Waals surface area contributed by atoms with Crippen molar-refractivity contribution in [1.82, 2.24) is 0 Å². The molecule has 0 aromatic carbocycles. The van der Waals surface area contributed by atoms with Crippen LogP contribution in [0, 0.1) is 11.8 Å². The maximum absolute atomic E-state index is 10.7. The monoisotopic (exact) mass is 286 g/mol. The zero-order valence-corrected chi connectivity index (χ0v) is 13.1. The smallest absolute Gasteiger partial charge is 0.0859 e. The SMILES string of the molecule is CCOC(C(C)C)C(O)C1CCOC2(CCOCC2)C1. The van der Waals surface area contributed by atoms with Gasteiger partial charge < -0.3 is 19.3 Å². The first kappa shape index (κ1) is 16.2. The fraction of sp³-hybridized carbons (Fsp3) is 1.00. The zero-order valence-electron chi connectivity index (χ0n) is 13.1. The number of aliphatic hydroxyl groups is 1. The number of aliphatic hydroxyl groups excluding tert-OH is 1. The third-order valence-corrected chi connectivity index (χ3v) is 4.77. The highest BCUT2D eigenvalue weighted by molar-refractivity contribution is 4.93. The van der Waals surface area contributed by atoms with Crippen LogP contribution in [-0.4, -0.2) is 49.3 Å². The van der Waals surface area contributed by atoms with Crippen LogP contribution >= 0.6 is 0 Å². The van der Waals surface area contributed by atoms with E-state index in [1.165, 1.54) is 0 Å². The van der Waals surface area contributed by atoms with Crippen LogP contribution in [0.25, 0.3) is 0 Å². The molecule has 118 valence electrons. The molecule has 2 saturated heterocycles. The Morgan fingerprint density at radius 1 is 1.25 bits per heavy atom. The number of hydrogen-bond donors (Lipinski definition) is 1. The molecular weight excluding hydrogens is 256 g/mol. The van der Waals surface area contributed by atoms with Crippen molar-refractivity contribution in [3.63, 3.8) is 0 Å². The Hall–Kier alpha value is -0.160. The van der Waals surface area contributed by atoms with Crippen molar-refractivity contribution in [3.8, 4) is 0 Å². The minimum Gasteiger partial charge on any atom is -0.390 e. The largest absolute Gasteiger partial charge is 0.390 e. The number of hydrogen-bond acceptors (Lipinski definition) is 4. The van der Waals surface area contributed by atoms with E-state index in [0.717, 1.165) is 45.5 Å². The topological polar surface area (TPSA) is 47.9 Å². The summed E-state index contributed by atoms with van der Waals surface area (Å²) in [7, 11) is 0. The fourth-order valence-electron chi connectivity index (χ4n) is 3.60. The van der Waals surface area contributed by atoms with Crippen LogP contribution in [-0.2, 0) is 14.2 Å². The van der Waals surface area contributed by atoms with Gasteiger partial charge in [-0.15, -0.1) is 0 Å². The second-order valence-corrected chi connectivity index (χ2v) is 6.55. The van der Waals surface area contributed by atoms with E-state index in [1.807, 2.05) is 6.92 Å². The van der Waals surface area contributed by atoms with Gasteiger partial charge in [0.25, 0.3) is 0 Å². The highest BCUT2D eigenvalue weighted by Gasteiger charge is 2.43. The van der Waals surface area contributed by atoms with E-state index in [9.17, 15) is 5.11 Å². The Kier molecular flexibility index (Phi) is 5.84. The predicted octanol–water partition coefficient (Wildman–Crippen LogP) is 2.38. The summed E-state index contributed by atoms with van der Waals surface area (Å²) in [6.07, 6.45) is 3.32. The molecule has 2 aliphatic heterocycles. The summed E-state index contributed by atoms with van der Waals surface area (Å²) in [6.45, 7) is 9.19. The lowest BCUT2D eigenvalue weighted by Crippen LogP contribution is -2.49. The van der Waals surface area contributed by atoms with Gasteiger partial charge in [0.15, 0.2) is 0 Å². The molecule has 0 bridgehead atoms. The molecule has 1 N–H and O–H groups in total. The molecule has 2 aliphatic rings. The average Bonchev–Trinajstić information content (AvgIpc) is 2.44. The lowest BCUT2D eigenvalue weighted by Gasteiger charge is -2.45. The molecule has 0 radical (unpaired) electrons. The first-order valence-electron chi connectivity index (χ1n) is 8.09. The molecule has 20 heavy (non-hydrogen) atoms. The number of ether oxygens (including phenoxy) is 3. The highest BCUT2D eigenvalue weighted by atomic mass is 16.5. The van der Waals surface area contributed by atoms with E-state index in [-0.39, 0.29) is 17.6 Å². The molecule has 0 saturated carbocycles. The van der Waals surface area contributed by atoms with Gasteiger partial charge in [0.05, 0.1) is 17.8 Å². The van der Waals surface area contributed by atoms with E-state index in [0.29, 0.717) is 12.5 Å². The van der Waals surface area contributed by atoms with Crippen LogP contribution < -0.4 is 0 Å². The van der Waals surface area contributed by atoms with E-state index in [4.69, 9.17) is 14.2 Å². The van der Waals surface area contributed by atoms with Gasteiger partial charge in [-0.25, -0.2) is 0 Å². The van der Waals surface area contributed by atoms with Crippen molar-refractivity contribution >= 4 is 0 Å². The standard InChI is InChI=1S/C16H30O4/c1-4-19-15(12(2)3)14(17)13-5-8-20-16(11-13)6-9-18-10-7-16/h12-15,17H,4-11H2,1-3H3. The lowest BCUT2D eigenvalue weighted by molar-refractivity contribution is -0.173. The second-order valence-electron chi connectivity index (χ2n) is 6.55. The van der Waals surface area contributed by atoms with Crippen molar-refractivity contribution in [1.29, 1.82) is 0 Å². The Morgan fingerprint density at radius 3 is 2.55 bits per heavy atom. The van der Waals surface area contributed by atoms with Crippen LogP contribution in [0.5, 0.6) is 0 Å². The van der Waals surface area contributed by atoms with Crippen LogP contribution in [0.2, 0.25) is 0 Å². The van der Waals surface area contributed by atoms with Gasteiger partial charge in [-0.1, -0.05) is 13.8 Å². The van der Waals surface area contributed by atoms with E-state index < -0.39 is 6.10 Å². The second kappa shape index (κ2) is 7.21. The van der Waals surface area contributed by atoms with Crippen molar-refractivity contribution in [3.05, 3.63) is 0 Å². The minimum atomic E-state index is -0.390. The molecule has 2 rings (SSSR count). The van der Waals surface area contributed by atoms with Gasteiger partial charge in [-0.3, -0.25) is 0 Å². The van der Waals surface area contributed by atoms with Gasteiger partial charge in [0, 0.05) is 26.4 Å². The molecule has 3 unspecified atom stereocenters. The summed E-state index contributed by atoms with van der Waals surface area (Å²) < 4.78 is 17.3. The summed E-state index contributed by atoms with van der Waals surface area (Å²) in [5, 5.41) is 10.7. The van der Waals surface area contributed by atoms with Crippen molar-refractivity contribution in [2.75, 3.05) is 26.4 Å². The zero-order chi connectivity index (χ0) is 14.6. The lowest BCUT2D eigenvalue weighted by atomic mass is 9.76. The predicted molar refractivity (Wildman–Crippen MR) is 77.7 cm³/mol. The minimum absolute atomic E-state index is 0.0596. The normalized spacial score (nSPS) is 29.6. The van der Waals surface area contributed by atoms with E-state index >= 15 is 0 Å². The maximum atomic E-state index is 10.7. The molecule has 3 atom stereocenters. The third-order valence-electron chi connectivity index (χ3n) is 4.77. The summed E-state index contributed by atoms with van der Waals surface area (Å²) in [5.41, 5.74) is -0.0596. The summed E-state index contributed by atoms with van der Waals surface area (Å²) in [5.74, 6) is 0.610. The summed E-state index contributed by atoms with van der Waals surface area (Å²) in [4.78, 5) is 0. The van der Waals surface area contributed by atoms with Gasteiger partial charge >= 0.3 is 0 Å². The molecular formula is C16H30O4. The van der Waals surface area contributed by atoms with Crippen LogP contribution in [0.1, 0.15) is 46.5 Å². The first-order chi connectivity index (χ1) is 9.58. The molecule has 0 aliphatic carbocycles. The van der Waals surface area contributed by atoms with Crippen LogP contribution in [0.3, 0.4) is 0 Å². The van der Waals surface area contributed by atoms with E-state index in [2.05, 4.69) is 13.8 Å². The van der Waals surface area contributed by atoms with E-state index in [1.54, 1.807) is 0 Å². The van der Waals surface area contributed by atoms with Gasteiger partial charge in [0.1, 0.15) is 0 Å². The molecule has 2 fully saturated rings. The quantitative estimate of drug-likeness (QED) is 0.843. The molecule has 4 heteroatoms. The van der Waals surface area contributed by atoms with Crippen LogP contribution in [0.4, 0.5) is 0 Å². The highest BCUT2D eigenvalue weighted by Crippen LogP contribution is 2.39. The average molecular weight is 286 g/mol. The molecule has 4 nitrogen and oxygen atoms in total. The third kappa shape index (κ3) is 3.73. The molecule has 2 heterocycles. The Labute approximate surface area is 122 Å². The van der Waals surface area contributed by atoms with Crippen LogP contribution in [0.15, 0.2) is 0 Å². The molecule has 0 amide bonds. The summed E-state index contributed by atoms with van der Waals surface area (Å²) in [6, 6.07) is 0. The summed E-state index contributed by atoms with van der Waals surface area (Å²) >= 11 is 0. The molecule has 1 spiro atoms. The Morgan fingerprint density at radius 2 is 1.95 bits per heavy atom. The maximum Gasteiger partial charge on any atom is 0.0859 e. The number of rotatable bonds is 5. The van der Waals surface area contributed by atoms with Gasteiger partial charge in [-0.05, 0) is 44.4 Å². The van der Waals surface area contributed by atoms with Gasteiger partial charge in [-0.2, -0.15) is 0 Å². The molecule has 0 aromatic rings. The fourth-order valence-corrected chi connectivity index (χ4v) is 3.60. The Bertz CT molecular complexity index is 281.